The Labute approximate surface area is 170 Å². The summed E-state index contributed by atoms with van der Waals surface area (Å²) >= 11 is 0. The van der Waals surface area contributed by atoms with Gasteiger partial charge in [0.2, 0.25) is 5.90 Å². The van der Waals surface area contributed by atoms with Gasteiger partial charge in [-0.25, -0.2) is 14.6 Å². The van der Waals surface area contributed by atoms with Gasteiger partial charge in [-0.3, -0.25) is 0 Å². The molecule has 6 nitrogen and oxygen atoms in total. The van der Waals surface area contributed by atoms with Gasteiger partial charge in [-0.05, 0) is 37.1 Å². The molecule has 3 rings (SSSR count). The van der Waals surface area contributed by atoms with E-state index in [9.17, 15) is 9.59 Å². The van der Waals surface area contributed by atoms with Gasteiger partial charge < -0.3 is 14.2 Å². The summed E-state index contributed by atoms with van der Waals surface area (Å²) in [5.41, 5.74) is 0.984. The molecule has 0 bridgehead atoms. The molecule has 1 heterocycles. The molecule has 2 aliphatic rings. The van der Waals surface area contributed by atoms with E-state index >= 15 is 0 Å². The number of hydrogen-bond acceptors (Lipinski definition) is 6. The molecule has 0 saturated heterocycles. The fraction of sp³-hybridized carbons (Fsp3) is 0.348. The lowest BCUT2D eigenvalue weighted by Crippen LogP contribution is -2.30. The van der Waals surface area contributed by atoms with E-state index in [1.165, 1.54) is 26.4 Å². The Morgan fingerprint density at radius 1 is 0.931 bits per heavy atom. The zero-order valence-electron chi connectivity index (χ0n) is 16.7. The highest BCUT2D eigenvalue weighted by Crippen LogP contribution is 2.44. The predicted octanol–water partition coefficient (Wildman–Crippen LogP) is 3.88. The van der Waals surface area contributed by atoms with E-state index < -0.39 is 17.5 Å². The minimum Gasteiger partial charge on any atom is -0.466 e. The van der Waals surface area contributed by atoms with E-state index in [1.54, 1.807) is 12.2 Å². The van der Waals surface area contributed by atoms with E-state index in [0.29, 0.717) is 17.2 Å². The number of nitrogens with zero attached hydrogens (tertiary/aromatic N) is 1. The van der Waals surface area contributed by atoms with Crippen molar-refractivity contribution in [2.45, 2.75) is 37.6 Å². The third kappa shape index (κ3) is 4.83. The highest BCUT2D eigenvalue weighted by atomic mass is 16.5. The highest BCUT2D eigenvalue weighted by molar-refractivity contribution is 5.97. The molecule has 0 radical (unpaired) electrons. The predicted molar refractivity (Wildman–Crippen MR) is 109 cm³/mol. The van der Waals surface area contributed by atoms with Crippen LogP contribution in [0.3, 0.4) is 0 Å². The first-order valence-electron chi connectivity index (χ1n) is 9.68. The number of allylic oxidation sites excluding steroid dienone is 3. The molecule has 0 atom stereocenters. The summed E-state index contributed by atoms with van der Waals surface area (Å²) < 4.78 is 15.7. The summed E-state index contributed by atoms with van der Waals surface area (Å²) in [5, 5.41) is 0. The van der Waals surface area contributed by atoms with Gasteiger partial charge in [-0.1, -0.05) is 37.5 Å². The minimum atomic E-state index is -0.500. The third-order valence-electron chi connectivity index (χ3n) is 5.10. The lowest BCUT2D eigenvalue weighted by atomic mass is 9.79. The van der Waals surface area contributed by atoms with Crippen LogP contribution in [0.1, 0.15) is 37.7 Å². The van der Waals surface area contributed by atoms with Gasteiger partial charge in [-0.2, -0.15) is 0 Å². The maximum atomic E-state index is 11.7. The molecule has 0 unspecified atom stereocenters. The van der Waals surface area contributed by atoms with E-state index in [0.717, 1.165) is 37.7 Å². The van der Waals surface area contributed by atoms with Crippen LogP contribution in [0, 0.1) is 0 Å². The Kier molecular flexibility index (Phi) is 6.65. The molecule has 1 aliphatic carbocycles. The van der Waals surface area contributed by atoms with Crippen LogP contribution in [0.15, 0.2) is 71.0 Å². The molecular weight excluding hydrogens is 370 g/mol. The summed E-state index contributed by atoms with van der Waals surface area (Å²) in [4.78, 5) is 28.3. The minimum absolute atomic E-state index is 0.491. The number of benzene rings is 1. The van der Waals surface area contributed by atoms with Gasteiger partial charge in [0.05, 0.1) is 14.2 Å². The van der Waals surface area contributed by atoms with Gasteiger partial charge in [0.25, 0.3) is 0 Å². The van der Waals surface area contributed by atoms with Crippen molar-refractivity contribution in [2.24, 2.45) is 4.99 Å². The van der Waals surface area contributed by atoms with Crippen molar-refractivity contribution in [3.8, 4) is 0 Å². The average molecular weight is 395 g/mol. The molecule has 1 spiro atoms. The molecule has 152 valence electrons. The number of rotatable bonds is 5. The lowest BCUT2D eigenvalue weighted by Gasteiger charge is -2.30. The third-order valence-corrected chi connectivity index (χ3v) is 5.10. The SMILES string of the molecule is COC(=O)/C=C/C(/C=C/C(=O)OC)=C1OC(c2ccccc2)=NC12CCCCC2. The topological polar surface area (TPSA) is 74.2 Å². The molecule has 1 aromatic carbocycles. The standard InChI is InChI=1S/C23H25NO5/c1-27-19(25)13-11-17(12-14-20(26)28-2)21-23(15-7-4-8-16-23)24-22(29-21)18-9-5-3-6-10-18/h3,5-6,9-14H,4,7-8,15-16H2,1-2H3/b13-11+,14-12+. The Balaban J connectivity index is 2.08. The second-order valence-electron chi connectivity index (χ2n) is 6.97. The van der Waals surface area contributed by atoms with Crippen molar-refractivity contribution in [3.63, 3.8) is 0 Å². The van der Waals surface area contributed by atoms with Crippen molar-refractivity contribution in [1.82, 2.24) is 0 Å². The van der Waals surface area contributed by atoms with E-state index in [4.69, 9.17) is 19.2 Å². The summed E-state index contributed by atoms with van der Waals surface area (Å²) in [7, 11) is 2.63. The van der Waals surface area contributed by atoms with E-state index in [1.807, 2.05) is 30.3 Å². The first kappa shape index (κ1) is 20.6. The molecule has 0 amide bonds. The van der Waals surface area contributed by atoms with Crippen molar-refractivity contribution in [2.75, 3.05) is 14.2 Å². The molecule has 1 aliphatic heterocycles. The molecule has 0 aromatic heterocycles. The van der Waals surface area contributed by atoms with Gasteiger partial charge >= 0.3 is 11.9 Å². The Morgan fingerprint density at radius 3 is 2.07 bits per heavy atom. The summed E-state index contributed by atoms with van der Waals surface area (Å²) in [5.74, 6) is 0.221. The van der Waals surface area contributed by atoms with Gasteiger partial charge in [0.1, 0.15) is 11.3 Å². The number of carbonyl (C=O) groups excluding carboxylic acids is 2. The molecule has 0 N–H and O–H groups in total. The fourth-order valence-electron chi connectivity index (χ4n) is 3.63. The number of carbonyl (C=O) groups is 2. The largest absolute Gasteiger partial charge is 0.466 e. The number of hydrogen-bond donors (Lipinski definition) is 0. The van der Waals surface area contributed by atoms with Crippen LogP contribution in [0.25, 0.3) is 0 Å². The van der Waals surface area contributed by atoms with Crippen LogP contribution in [0.5, 0.6) is 0 Å². The number of methoxy groups -OCH3 is 2. The van der Waals surface area contributed by atoms with Crippen LogP contribution in [-0.2, 0) is 23.8 Å². The van der Waals surface area contributed by atoms with Crippen molar-refractivity contribution in [1.29, 1.82) is 0 Å². The normalized spacial score (nSPS) is 18.0. The Morgan fingerprint density at radius 2 is 1.52 bits per heavy atom. The molecule has 1 aromatic rings. The van der Waals surface area contributed by atoms with Crippen LogP contribution in [-0.4, -0.2) is 37.6 Å². The summed E-state index contributed by atoms with van der Waals surface area (Å²) in [6, 6.07) is 9.71. The van der Waals surface area contributed by atoms with Gasteiger partial charge in [-0.15, -0.1) is 0 Å². The lowest BCUT2D eigenvalue weighted by molar-refractivity contribution is -0.135. The zero-order chi connectivity index (χ0) is 20.7. The van der Waals surface area contributed by atoms with Crippen LogP contribution >= 0.6 is 0 Å². The van der Waals surface area contributed by atoms with Crippen LogP contribution in [0.2, 0.25) is 0 Å². The van der Waals surface area contributed by atoms with Gasteiger partial charge in [0, 0.05) is 23.3 Å². The quantitative estimate of drug-likeness (QED) is 0.559. The van der Waals surface area contributed by atoms with E-state index in [-0.39, 0.29) is 0 Å². The summed E-state index contributed by atoms with van der Waals surface area (Å²) in [6.45, 7) is 0. The van der Waals surface area contributed by atoms with Crippen molar-refractivity contribution >= 4 is 17.8 Å². The van der Waals surface area contributed by atoms with Crippen LogP contribution in [0.4, 0.5) is 0 Å². The molecular formula is C23H25NO5. The monoisotopic (exact) mass is 395 g/mol. The fourth-order valence-corrected chi connectivity index (χ4v) is 3.63. The van der Waals surface area contributed by atoms with E-state index in [2.05, 4.69) is 0 Å². The second-order valence-corrected chi connectivity index (χ2v) is 6.97. The Hall–Kier alpha value is -3.15. The second kappa shape index (κ2) is 9.37. The first-order chi connectivity index (χ1) is 14.1. The first-order valence-corrected chi connectivity index (χ1v) is 9.68. The smallest absolute Gasteiger partial charge is 0.330 e. The molecule has 1 saturated carbocycles. The molecule has 6 heteroatoms. The molecule has 1 fully saturated rings. The number of esters is 2. The highest BCUT2D eigenvalue weighted by Gasteiger charge is 2.44. The van der Waals surface area contributed by atoms with Crippen LogP contribution < -0.4 is 0 Å². The molecule has 29 heavy (non-hydrogen) atoms. The summed E-state index contributed by atoms with van der Waals surface area (Å²) in [6.07, 6.45) is 10.7. The Bertz CT molecular complexity index is 846. The number of aliphatic imine (C=N–C) groups is 1. The zero-order valence-corrected chi connectivity index (χ0v) is 16.7. The maximum Gasteiger partial charge on any atom is 0.330 e. The average Bonchev–Trinajstić information content (AvgIpc) is 3.12. The van der Waals surface area contributed by atoms with Crippen molar-refractivity contribution < 1.29 is 23.8 Å². The maximum absolute atomic E-state index is 11.7. The van der Waals surface area contributed by atoms with Gasteiger partial charge in [0.15, 0.2) is 0 Å². The number of ether oxygens (including phenoxy) is 3. The van der Waals surface area contributed by atoms with Crippen molar-refractivity contribution in [3.05, 3.63) is 71.5 Å².